The molecule has 0 bridgehead atoms. The first-order chi connectivity index (χ1) is 12.2. The average molecular weight is 347 g/mol. The predicted molar refractivity (Wildman–Crippen MR) is 89.5 cm³/mol. The summed E-state index contributed by atoms with van der Waals surface area (Å²) in [5.41, 5.74) is 0.883. The van der Waals surface area contributed by atoms with E-state index in [-0.39, 0.29) is 30.3 Å². The van der Waals surface area contributed by atoms with Gasteiger partial charge in [-0.3, -0.25) is 9.89 Å². The molecule has 6 nitrogen and oxygen atoms in total. The van der Waals surface area contributed by atoms with Crippen LogP contribution >= 0.6 is 0 Å². The highest BCUT2D eigenvalue weighted by atomic mass is 19.1. The molecular formula is C18H22FN3O3. The quantitative estimate of drug-likeness (QED) is 0.872. The molecular weight excluding hydrogens is 325 g/mol. The molecule has 1 aromatic heterocycles. The third-order valence-corrected chi connectivity index (χ3v) is 4.38. The first-order valence-electron chi connectivity index (χ1n) is 8.39. The Morgan fingerprint density at radius 3 is 3.08 bits per heavy atom. The molecule has 0 aliphatic carbocycles. The number of aromatic amines is 1. The summed E-state index contributed by atoms with van der Waals surface area (Å²) in [6.07, 6.45) is 4.79. The second-order valence-electron chi connectivity index (χ2n) is 6.11. The standard InChI is InChI=1S/C18H22FN3O3/c1-22(8-10-24-16-7-3-2-6-15(16)19)18(23)14-5-4-9-25-17(14)13-11-20-21-12-13/h2-3,6-7,11-12,14,17H,4-5,8-10H2,1H3,(H,20,21)/t14-,17+/m1/s1. The number of rotatable bonds is 6. The molecule has 7 heteroatoms. The third-order valence-electron chi connectivity index (χ3n) is 4.38. The summed E-state index contributed by atoms with van der Waals surface area (Å²) in [7, 11) is 1.73. The van der Waals surface area contributed by atoms with Gasteiger partial charge in [0.1, 0.15) is 6.61 Å². The van der Waals surface area contributed by atoms with Crippen LogP contribution in [-0.4, -0.2) is 47.8 Å². The van der Waals surface area contributed by atoms with Crippen LogP contribution in [0.4, 0.5) is 4.39 Å². The van der Waals surface area contributed by atoms with E-state index in [1.165, 1.54) is 6.07 Å². The van der Waals surface area contributed by atoms with Crippen LogP contribution in [0, 0.1) is 11.7 Å². The topological polar surface area (TPSA) is 67.4 Å². The number of aromatic nitrogens is 2. The van der Waals surface area contributed by atoms with E-state index in [1.54, 1.807) is 42.5 Å². The van der Waals surface area contributed by atoms with Crippen molar-refractivity contribution in [2.75, 3.05) is 26.8 Å². The third kappa shape index (κ3) is 4.17. The number of likely N-dealkylation sites (N-methyl/N-ethyl adjacent to an activating group) is 1. The summed E-state index contributed by atoms with van der Waals surface area (Å²) in [5, 5.41) is 6.71. The van der Waals surface area contributed by atoms with Crippen LogP contribution in [-0.2, 0) is 9.53 Å². The van der Waals surface area contributed by atoms with E-state index in [0.29, 0.717) is 13.2 Å². The number of H-pyrrole nitrogens is 1. The summed E-state index contributed by atoms with van der Waals surface area (Å²) in [6, 6.07) is 6.24. The van der Waals surface area contributed by atoms with Gasteiger partial charge < -0.3 is 14.4 Å². The van der Waals surface area contributed by atoms with Gasteiger partial charge in [-0.05, 0) is 25.0 Å². The smallest absolute Gasteiger partial charge is 0.228 e. The molecule has 2 atom stereocenters. The molecule has 1 N–H and O–H groups in total. The molecule has 1 saturated heterocycles. The van der Waals surface area contributed by atoms with E-state index in [2.05, 4.69) is 10.2 Å². The molecule has 1 amide bonds. The summed E-state index contributed by atoms with van der Waals surface area (Å²) in [4.78, 5) is 14.4. The van der Waals surface area contributed by atoms with E-state index >= 15 is 0 Å². The normalized spacial score (nSPS) is 20.2. The van der Waals surface area contributed by atoms with Gasteiger partial charge in [-0.2, -0.15) is 5.10 Å². The maximum atomic E-state index is 13.5. The number of para-hydroxylation sites is 1. The fourth-order valence-corrected chi connectivity index (χ4v) is 3.03. The number of halogens is 1. The number of nitrogens with one attached hydrogen (secondary N) is 1. The Bertz CT molecular complexity index is 693. The molecule has 0 radical (unpaired) electrons. The van der Waals surface area contributed by atoms with Gasteiger partial charge in [0.05, 0.1) is 24.8 Å². The Morgan fingerprint density at radius 1 is 1.48 bits per heavy atom. The first-order valence-corrected chi connectivity index (χ1v) is 8.39. The van der Waals surface area contributed by atoms with E-state index in [0.717, 1.165) is 18.4 Å². The van der Waals surface area contributed by atoms with Crippen LogP contribution in [0.25, 0.3) is 0 Å². The molecule has 134 valence electrons. The second kappa shape index (κ2) is 8.11. The monoisotopic (exact) mass is 347 g/mol. The average Bonchev–Trinajstić information content (AvgIpc) is 3.17. The van der Waals surface area contributed by atoms with Crippen LogP contribution < -0.4 is 4.74 Å². The van der Waals surface area contributed by atoms with Crippen LogP contribution in [0.1, 0.15) is 24.5 Å². The first kappa shape index (κ1) is 17.4. The molecule has 1 aliphatic heterocycles. The van der Waals surface area contributed by atoms with Crippen LogP contribution in [0.3, 0.4) is 0 Å². The second-order valence-corrected chi connectivity index (χ2v) is 6.11. The van der Waals surface area contributed by atoms with Gasteiger partial charge in [-0.1, -0.05) is 12.1 Å². The lowest BCUT2D eigenvalue weighted by molar-refractivity contribution is -0.144. The molecule has 0 spiro atoms. The molecule has 0 unspecified atom stereocenters. The van der Waals surface area contributed by atoms with Gasteiger partial charge in [0.15, 0.2) is 11.6 Å². The van der Waals surface area contributed by atoms with Crippen molar-refractivity contribution in [1.82, 2.24) is 15.1 Å². The number of ether oxygens (including phenoxy) is 2. The predicted octanol–water partition coefficient (Wildman–Crippen LogP) is 2.55. The van der Waals surface area contributed by atoms with Crippen molar-refractivity contribution in [1.29, 1.82) is 0 Å². The Balaban J connectivity index is 1.56. The number of carbonyl (C=O) groups excluding carboxylic acids is 1. The zero-order valence-electron chi connectivity index (χ0n) is 14.2. The molecule has 2 heterocycles. The van der Waals surface area contributed by atoms with Gasteiger partial charge >= 0.3 is 0 Å². The molecule has 25 heavy (non-hydrogen) atoms. The van der Waals surface area contributed by atoms with E-state index in [4.69, 9.17) is 9.47 Å². The molecule has 2 aromatic rings. The summed E-state index contributed by atoms with van der Waals surface area (Å²) in [5.74, 6) is -0.453. The Labute approximate surface area is 145 Å². The van der Waals surface area contributed by atoms with Crippen molar-refractivity contribution in [2.45, 2.75) is 18.9 Å². The highest BCUT2D eigenvalue weighted by Crippen LogP contribution is 2.34. The highest BCUT2D eigenvalue weighted by molar-refractivity contribution is 5.79. The molecule has 1 aromatic carbocycles. The summed E-state index contributed by atoms with van der Waals surface area (Å²) >= 11 is 0. The Kier molecular flexibility index (Phi) is 5.65. The lowest BCUT2D eigenvalue weighted by atomic mass is 9.89. The fourth-order valence-electron chi connectivity index (χ4n) is 3.03. The zero-order valence-corrected chi connectivity index (χ0v) is 14.2. The minimum absolute atomic E-state index is 0.00281. The van der Waals surface area contributed by atoms with Crippen LogP contribution in [0.2, 0.25) is 0 Å². The number of carbonyl (C=O) groups is 1. The van der Waals surface area contributed by atoms with Crippen molar-refractivity contribution in [3.8, 4) is 5.75 Å². The van der Waals surface area contributed by atoms with Gasteiger partial charge in [-0.25, -0.2) is 4.39 Å². The van der Waals surface area contributed by atoms with E-state index < -0.39 is 5.82 Å². The minimum atomic E-state index is -0.405. The number of nitrogens with zero attached hydrogens (tertiary/aromatic N) is 2. The van der Waals surface area contributed by atoms with E-state index in [9.17, 15) is 9.18 Å². The number of benzene rings is 1. The maximum absolute atomic E-state index is 13.5. The lowest BCUT2D eigenvalue weighted by Gasteiger charge is -2.33. The van der Waals surface area contributed by atoms with Gasteiger partial charge in [-0.15, -0.1) is 0 Å². The largest absolute Gasteiger partial charge is 0.489 e. The van der Waals surface area contributed by atoms with Crippen molar-refractivity contribution in [2.24, 2.45) is 5.92 Å². The number of hydrogen-bond acceptors (Lipinski definition) is 4. The van der Waals surface area contributed by atoms with Crippen molar-refractivity contribution in [3.05, 3.63) is 48.0 Å². The van der Waals surface area contributed by atoms with Crippen molar-refractivity contribution < 1.29 is 18.7 Å². The van der Waals surface area contributed by atoms with Gasteiger partial charge in [0, 0.05) is 25.4 Å². The van der Waals surface area contributed by atoms with Gasteiger partial charge in [0.2, 0.25) is 5.91 Å². The SMILES string of the molecule is CN(CCOc1ccccc1F)C(=O)[C@@H]1CCCO[C@H]1c1cn[nH]c1. The highest BCUT2D eigenvalue weighted by Gasteiger charge is 2.35. The Hall–Kier alpha value is -2.41. The molecule has 3 rings (SSSR count). The molecule has 1 aliphatic rings. The molecule has 1 fully saturated rings. The summed E-state index contributed by atoms with van der Waals surface area (Å²) < 4.78 is 24.8. The Morgan fingerprint density at radius 2 is 2.32 bits per heavy atom. The number of amides is 1. The summed E-state index contributed by atoms with van der Waals surface area (Å²) in [6.45, 7) is 1.24. The van der Waals surface area contributed by atoms with Crippen molar-refractivity contribution >= 4 is 5.91 Å². The van der Waals surface area contributed by atoms with Crippen LogP contribution in [0.5, 0.6) is 5.75 Å². The minimum Gasteiger partial charge on any atom is -0.489 e. The zero-order chi connectivity index (χ0) is 17.6. The lowest BCUT2D eigenvalue weighted by Crippen LogP contribution is -2.40. The molecule has 0 saturated carbocycles. The van der Waals surface area contributed by atoms with Gasteiger partial charge in [0.25, 0.3) is 0 Å². The van der Waals surface area contributed by atoms with Crippen molar-refractivity contribution in [3.63, 3.8) is 0 Å². The van der Waals surface area contributed by atoms with Crippen LogP contribution in [0.15, 0.2) is 36.7 Å². The fraction of sp³-hybridized carbons (Fsp3) is 0.444. The maximum Gasteiger partial charge on any atom is 0.228 e. The number of hydrogen-bond donors (Lipinski definition) is 1. The van der Waals surface area contributed by atoms with E-state index in [1.807, 2.05) is 0 Å².